The number of hydrogen-bond donors (Lipinski definition) is 1. The van der Waals surface area contributed by atoms with Gasteiger partial charge >= 0.3 is 0 Å². The van der Waals surface area contributed by atoms with Gasteiger partial charge in [0.2, 0.25) is 0 Å². The first-order chi connectivity index (χ1) is 4.86. The van der Waals surface area contributed by atoms with Crippen molar-refractivity contribution in [2.75, 3.05) is 11.9 Å². The summed E-state index contributed by atoms with van der Waals surface area (Å²) >= 11 is 0. The lowest BCUT2D eigenvalue weighted by molar-refractivity contribution is 1.10. The highest BCUT2D eigenvalue weighted by molar-refractivity contribution is 5.49. The van der Waals surface area contributed by atoms with Gasteiger partial charge in [-0.1, -0.05) is 6.07 Å². The number of rotatable bonds is 0. The molecule has 0 unspecified atom stereocenters. The Kier molecular flexibility index (Phi) is 1.13. The van der Waals surface area contributed by atoms with E-state index in [1.54, 1.807) is 0 Å². The van der Waals surface area contributed by atoms with Gasteiger partial charge in [0, 0.05) is 12.7 Å². The maximum absolute atomic E-state index is 4.25. The second-order valence-corrected chi connectivity index (χ2v) is 2.70. The standard InChI is InChI=1S/C8H10N2/c1-6-4-7-2-3-9-8(7)10-5-6/h4-5H,2-3H2,1H3,(H,9,10). The molecule has 2 heterocycles. The van der Waals surface area contributed by atoms with Crippen LogP contribution in [0, 0.1) is 6.92 Å². The Morgan fingerprint density at radius 1 is 1.60 bits per heavy atom. The third-order valence-corrected chi connectivity index (χ3v) is 1.79. The molecule has 10 heavy (non-hydrogen) atoms. The van der Waals surface area contributed by atoms with Gasteiger partial charge in [-0.3, -0.25) is 0 Å². The van der Waals surface area contributed by atoms with Gasteiger partial charge in [0.1, 0.15) is 5.82 Å². The molecule has 0 bridgehead atoms. The molecule has 0 saturated heterocycles. The topological polar surface area (TPSA) is 24.9 Å². The number of aromatic nitrogens is 1. The lowest BCUT2D eigenvalue weighted by atomic mass is 10.2. The molecule has 0 radical (unpaired) electrons. The van der Waals surface area contributed by atoms with E-state index in [0.29, 0.717) is 0 Å². The summed E-state index contributed by atoms with van der Waals surface area (Å²) in [6.07, 6.45) is 3.03. The molecule has 1 aliphatic heterocycles. The minimum atomic E-state index is 1.05. The molecular weight excluding hydrogens is 124 g/mol. The Morgan fingerprint density at radius 2 is 2.50 bits per heavy atom. The summed E-state index contributed by atoms with van der Waals surface area (Å²) in [4.78, 5) is 4.25. The Labute approximate surface area is 60.3 Å². The minimum Gasteiger partial charge on any atom is -0.370 e. The Balaban J connectivity index is 2.52. The molecule has 0 atom stereocenters. The molecule has 0 spiro atoms. The molecule has 0 amide bonds. The maximum Gasteiger partial charge on any atom is 0.129 e. The van der Waals surface area contributed by atoms with Crippen molar-refractivity contribution in [2.45, 2.75) is 13.3 Å². The van der Waals surface area contributed by atoms with Crippen LogP contribution in [0.3, 0.4) is 0 Å². The van der Waals surface area contributed by atoms with E-state index in [1.165, 1.54) is 11.1 Å². The SMILES string of the molecule is Cc1cnc2c(c1)CCN2. The summed E-state index contributed by atoms with van der Waals surface area (Å²) < 4.78 is 0. The van der Waals surface area contributed by atoms with E-state index in [2.05, 4.69) is 23.3 Å². The van der Waals surface area contributed by atoms with Gasteiger partial charge in [0.05, 0.1) is 0 Å². The number of nitrogens with zero attached hydrogens (tertiary/aromatic N) is 1. The van der Waals surface area contributed by atoms with E-state index in [9.17, 15) is 0 Å². The Morgan fingerprint density at radius 3 is 3.40 bits per heavy atom. The third-order valence-electron chi connectivity index (χ3n) is 1.79. The predicted molar refractivity (Wildman–Crippen MR) is 41.2 cm³/mol. The van der Waals surface area contributed by atoms with E-state index in [0.717, 1.165) is 18.8 Å². The average molecular weight is 134 g/mol. The van der Waals surface area contributed by atoms with Crippen LogP contribution in [0.25, 0.3) is 0 Å². The van der Waals surface area contributed by atoms with Crippen LogP contribution in [-0.4, -0.2) is 11.5 Å². The third kappa shape index (κ3) is 0.764. The molecule has 1 N–H and O–H groups in total. The van der Waals surface area contributed by atoms with Crippen LogP contribution in [0.4, 0.5) is 5.82 Å². The minimum absolute atomic E-state index is 1.05. The summed E-state index contributed by atoms with van der Waals surface area (Å²) in [7, 11) is 0. The van der Waals surface area contributed by atoms with E-state index in [-0.39, 0.29) is 0 Å². The second kappa shape index (κ2) is 1.97. The zero-order chi connectivity index (χ0) is 6.97. The Hall–Kier alpha value is -1.05. The van der Waals surface area contributed by atoms with Crippen molar-refractivity contribution < 1.29 is 0 Å². The van der Waals surface area contributed by atoms with Gasteiger partial charge < -0.3 is 5.32 Å². The van der Waals surface area contributed by atoms with Crippen LogP contribution in [0.5, 0.6) is 0 Å². The van der Waals surface area contributed by atoms with E-state index in [1.807, 2.05) is 6.20 Å². The first-order valence-electron chi connectivity index (χ1n) is 3.55. The number of pyridine rings is 1. The average Bonchev–Trinajstić information content (AvgIpc) is 2.33. The largest absolute Gasteiger partial charge is 0.370 e. The van der Waals surface area contributed by atoms with Crippen LogP contribution in [0.15, 0.2) is 12.3 Å². The van der Waals surface area contributed by atoms with Crippen LogP contribution in [-0.2, 0) is 6.42 Å². The normalized spacial score (nSPS) is 14.5. The number of aryl methyl sites for hydroxylation is 1. The van der Waals surface area contributed by atoms with Crippen molar-refractivity contribution >= 4 is 5.82 Å². The van der Waals surface area contributed by atoms with Gasteiger partial charge in [-0.25, -0.2) is 4.98 Å². The van der Waals surface area contributed by atoms with E-state index >= 15 is 0 Å². The molecule has 52 valence electrons. The van der Waals surface area contributed by atoms with Crippen molar-refractivity contribution in [1.29, 1.82) is 0 Å². The number of fused-ring (bicyclic) bond motifs is 1. The molecule has 1 aromatic heterocycles. The van der Waals surface area contributed by atoms with Gasteiger partial charge in [0.25, 0.3) is 0 Å². The van der Waals surface area contributed by atoms with Crippen molar-refractivity contribution in [3.63, 3.8) is 0 Å². The van der Waals surface area contributed by atoms with Crippen molar-refractivity contribution in [1.82, 2.24) is 4.98 Å². The lowest BCUT2D eigenvalue weighted by Gasteiger charge is -1.97. The van der Waals surface area contributed by atoms with Crippen LogP contribution in [0.2, 0.25) is 0 Å². The fourth-order valence-corrected chi connectivity index (χ4v) is 1.30. The summed E-state index contributed by atoms with van der Waals surface area (Å²) in [5, 5.41) is 3.22. The molecule has 2 nitrogen and oxygen atoms in total. The van der Waals surface area contributed by atoms with Crippen LogP contribution >= 0.6 is 0 Å². The summed E-state index contributed by atoms with van der Waals surface area (Å²) in [5.74, 6) is 1.07. The predicted octanol–water partition coefficient (Wildman–Crippen LogP) is 1.36. The number of hydrogen-bond acceptors (Lipinski definition) is 2. The van der Waals surface area contributed by atoms with Crippen LogP contribution in [0.1, 0.15) is 11.1 Å². The zero-order valence-electron chi connectivity index (χ0n) is 6.02. The quantitative estimate of drug-likeness (QED) is 0.579. The molecule has 0 aromatic carbocycles. The molecule has 2 rings (SSSR count). The number of anilines is 1. The van der Waals surface area contributed by atoms with E-state index < -0.39 is 0 Å². The summed E-state index contributed by atoms with van der Waals surface area (Å²) in [6, 6.07) is 2.20. The number of nitrogens with one attached hydrogen (secondary N) is 1. The Bertz CT molecular complexity index is 255. The van der Waals surface area contributed by atoms with Gasteiger partial charge in [0.15, 0.2) is 0 Å². The second-order valence-electron chi connectivity index (χ2n) is 2.70. The molecular formula is C8H10N2. The van der Waals surface area contributed by atoms with Gasteiger partial charge in [-0.05, 0) is 24.5 Å². The highest BCUT2D eigenvalue weighted by Crippen LogP contribution is 2.18. The summed E-state index contributed by atoms with van der Waals surface area (Å²) in [6.45, 7) is 3.12. The molecule has 0 saturated carbocycles. The molecule has 0 fully saturated rings. The zero-order valence-corrected chi connectivity index (χ0v) is 6.02. The van der Waals surface area contributed by atoms with E-state index in [4.69, 9.17) is 0 Å². The van der Waals surface area contributed by atoms with Gasteiger partial charge in [-0.2, -0.15) is 0 Å². The lowest BCUT2D eigenvalue weighted by Crippen LogP contribution is -1.92. The van der Waals surface area contributed by atoms with Crippen LogP contribution < -0.4 is 5.32 Å². The fraction of sp³-hybridized carbons (Fsp3) is 0.375. The van der Waals surface area contributed by atoms with Crippen molar-refractivity contribution in [3.05, 3.63) is 23.4 Å². The first-order valence-corrected chi connectivity index (χ1v) is 3.55. The first kappa shape index (κ1) is 5.71. The smallest absolute Gasteiger partial charge is 0.129 e. The highest BCUT2D eigenvalue weighted by Gasteiger charge is 2.09. The molecule has 1 aromatic rings. The molecule has 2 heteroatoms. The van der Waals surface area contributed by atoms with Gasteiger partial charge in [-0.15, -0.1) is 0 Å². The van der Waals surface area contributed by atoms with Crippen molar-refractivity contribution in [3.8, 4) is 0 Å². The molecule has 0 aliphatic carbocycles. The molecule has 1 aliphatic rings. The fourth-order valence-electron chi connectivity index (χ4n) is 1.30. The summed E-state index contributed by atoms with van der Waals surface area (Å²) in [5.41, 5.74) is 2.61. The monoisotopic (exact) mass is 134 g/mol. The maximum atomic E-state index is 4.25. The van der Waals surface area contributed by atoms with Crippen molar-refractivity contribution in [2.24, 2.45) is 0 Å². The highest BCUT2D eigenvalue weighted by atomic mass is 15.0.